The Morgan fingerprint density at radius 1 is 0.675 bits per heavy atom. The van der Waals surface area contributed by atoms with Gasteiger partial charge in [-0.1, -0.05) is 48.5 Å². The number of para-hydroxylation sites is 1. The van der Waals surface area contributed by atoms with Crippen molar-refractivity contribution in [2.45, 2.75) is 0 Å². The summed E-state index contributed by atoms with van der Waals surface area (Å²) in [5, 5.41) is 22.4. The Morgan fingerprint density at radius 3 is 1.73 bits per heavy atom. The second kappa shape index (κ2) is 10.8. The monoisotopic (exact) mass is 534 g/mol. The van der Waals surface area contributed by atoms with Crippen LogP contribution in [0.2, 0.25) is 0 Å². The Kier molecular flexibility index (Phi) is 6.97. The van der Waals surface area contributed by atoms with Gasteiger partial charge in [0.2, 0.25) is 0 Å². The van der Waals surface area contributed by atoms with E-state index in [1.165, 1.54) is 48.5 Å². The largest absolute Gasteiger partial charge is 0.423 e. The lowest BCUT2D eigenvalue weighted by molar-refractivity contribution is -0.385. The van der Waals surface area contributed by atoms with Crippen molar-refractivity contribution < 1.29 is 28.9 Å². The molecule has 0 atom stereocenters. The number of hydrogen-bond donors (Lipinski definition) is 0. The minimum atomic E-state index is -0.893. The number of nitro benzene ring substituents is 2. The maximum Gasteiger partial charge on any atom is 0.348 e. The van der Waals surface area contributed by atoms with Crippen molar-refractivity contribution in [3.63, 3.8) is 0 Å². The Balaban J connectivity index is 1.77. The summed E-state index contributed by atoms with van der Waals surface area (Å²) in [4.78, 5) is 48.5. The van der Waals surface area contributed by atoms with Crippen LogP contribution in [-0.4, -0.2) is 21.8 Å². The van der Waals surface area contributed by atoms with E-state index in [4.69, 9.17) is 9.47 Å². The molecule has 1 aliphatic rings. The van der Waals surface area contributed by atoms with E-state index in [2.05, 4.69) is 0 Å². The number of cyclic esters (lactones) is 1. The lowest BCUT2D eigenvalue weighted by atomic mass is 9.89. The van der Waals surface area contributed by atoms with E-state index in [1.807, 2.05) is 0 Å². The highest BCUT2D eigenvalue weighted by Crippen LogP contribution is 2.41. The molecule has 0 spiro atoms. The highest BCUT2D eigenvalue weighted by molar-refractivity contribution is 6.22. The summed E-state index contributed by atoms with van der Waals surface area (Å²) in [7, 11) is 0. The zero-order chi connectivity index (χ0) is 28.2. The molecule has 4 aromatic carbocycles. The maximum atomic E-state index is 13.7. The fourth-order valence-corrected chi connectivity index (χ4v) is 4.23. The second-order valence-electron chi connectivity index (χ2n) is 8.52. The van der Waals surface area contributed by atoms with E-state index in [-0.39, 0.29) is 45.2 Å². The molecule has 0 N–H and O–H groups in total. The van der Waals surface area contributed by atoms with Crippen molar-refractivity contribution in [2.24, 2.45) is 0 Å². The number of ether oxygens (including phenoxy) is 2. The van der Waals surface area contributed by atoms with Gasteiger partial charge in [-0.2, -0.15) is 0 Å². The van der Waals surface area contributed by atoms with E-state index in [9.17, 15) is 29.8 Å². The van der Waals surface area contributed by atoms with Gasteiger partial charge in [-0.3, -0.25) is 20.2 Å². The van der Waals surface area contributed by atoms with Crippen LogP contribution in [0.4, 0.5) is 11.4 Å². The molecule has 196 valence electrons. The minimum Gasteiger partial charge on any atom is -0.423 e. The molecular formula is C30H18N2O8. The molecule has 4 aromatic rings. The summed E-state index contributed by atoms with van der Waals surface area (Å²) in [5.41, 5.74) is 0.836. The molecule has 10 heteroatoms. The highest BCUT2D eigenvalue weighted by atomic mass is 16.6. The first-order valence-electron chi connectivity index (χ1n) is 11.9. The molecular weight excluding hydrogens is 516 g/mol. The van der Waals surface area contributed by atoms with Crippen LogP contribution in [-0.2, 0) is 14.3 Å². The smallest absolute Gasteiger partial charge is 0.348 e. The van der Waals surface area contributed by atoms with Crippen molar-refractivity contribution >= 4 is 34.6 Å². The van der Waals surface area contributed by atoms with E-state index >= 15 is 0 Å². The van der Waals surface area contributed by atoms with E-state index < -0.39 is 21.8 Å². The van der Waals surface area contributed by atoms with Crippen LogP contribution in [0.15, 0.2) is 120 Å². The molecule has 0 bridgehead atoms. The SMILES string of the molecule is O=C(Oc1ccccc1)C1=C(c2ccc([N+](=O)[O-])cc2)OC(=O)/C1=C(/c1ccccc1)c1ccc([N+](=O)[O-])cc1. The van der Waals surface area contributed by atoms with E-state index in [0.29, 0.717) is 11.1 Å². The quantitative estimate of drug-likeness (QED) is 0.0942. The van der Waals surface area contributed by atoms with Crippen LogP contribution < -0.4 is 4.74 Å². The summed E-state index contributed by atoms with van der Waals surface area (Å²) in [5.74, 6) is -1.66. The molecule has 5 rings (SSSR count). The number of non-ortho nitro benzene ring substituents is 2. The molecule has 0 saturated carbocycles. The van der Waals surface area contributed by atoms with Crippen LogP contribution in [0.3, 0.4) is 0 Å². The number of benzene rings is 4. The highest BCUT2D eigenvalue weighted by Gasteiger charge is 2.39. The van der Waals surface area contributed by atoms with Crippen molar-refractivity contribution in [2.75, 3.05) is 0 Å². The second-order valence-corrected chi connectivity index (χ2v) is 8.52. The first kappa shape index (κ1) is 25.7. The van der Waals surface area contributed by atoms with Crippen molar-refractivity contribution in [1.82, 2.24) is 0 Å². The van der Waals surface area contributed by atoms with Gasteiger partial charge in [0.15, 0.2) is 5.76 Å². The Labute approximate surface area is 226 Å². The minimum absolute atomic E-state index is 0.116. The molecule has 0 aliphatic carbocycles. The van der Waals surface area contributed by atoms with E-state index in [0.717, 1.165) is 0 Å². The predicted molar refractivity (Wildman–Crippen MR) is 144 cm³/mol. The van der Waals surface area contributed by atoms with Gasteiger partial charge in [0.1, 0.15) is 11.3 Å². The lowest BCUT2D eigenvalue weighted by Gasteiger charge is -2.13. The molecule has 0 amide bonds. The maximum absolute atomic E-state index is 13.7. The van der Waals surface area contributed by atoms with Crippen LogP contribution in [0.5, 0.6) is 5.75 Å². The predicted octanol–water partition coefficient (Wildman–Crippen LogP) is 5.88. The number of esters is 2. The van der Waals surface area contributed by atoms with Gasteiger partial charge >= 0.3 is 11.9 Å². The standard InChI is InChI=1S/C30H18N2O8/c33-29-26(25(19-7-3-1-4-8-19)20-11-15-22(16-12-20)31(35)36)27(30(34)39-24-9-5-2-6-10-24)28(40-29)21-13-17-23(18-14-21)32(37)38/h1-18H/b26-25-. The molecule has 40 heavy (non-hydrogen) atoms. The first-order chi connectivity index (χ1) is 19.3. The third kappa shape index (κ3) is 5.09. The third-order valence-electron chi connectivity index (χ3n) is 6.05. The number of carbonyl (C=O) groups is 2. The number of nitro groups is 2. The van der Waals surface area contributed by atoms with Crippen LogP contribution in [0.1, 0.15) is 16.7 Å². The van der Waals surface area contributed by atoms with Gasteiger partial charge in [0.25, 0.3) is 11.4 Å². The van der Waals surface area contributed by atoms with Gasteiger partial charge < -0.3 is 9.47 Å². The van der Waals surface area contributed by atoms with E-state index in [1.54, 1.807) is 60.7 Å². The topological polar surface area (TPSA) is 139 Å². The number of hydrogen-bond acceptors (Lipinski definition) is 8. The third-order valence-corrected chi connectivity index (χ3v) is 6.05. The van der Waals surface area contributed by atoms with Gasteiger partial charge in [-0.15, -0.1) is 0 Å². The number of rotatable bonds is 7. The zero-order valence-electron chi connectivity index (χ0n) is 20.6. The molecule has 1 heterocycles. The molecule has 0 fully saturated rings. The summed E-state index contributed by atoms with van der Waals surface area (Å²) >= 11 is 0. The molecule has 0 aromatic heterocycles. The zero-order valence-corrected chi connectivity index (χ0v) is 20.6. The van der Waals surface area contributed by atoms with Gasteiger partial charge in [0, 0.05) is 35.4 Å². The van der Waals surface area contributed by atoms with Crippen LogP contribution >= 0.6 is 0 Å². The fraction of sp³-hybridized carbons (Fsp3) is 0. The number of nitrogens with zero attached hydrogens (tertiary/aromatic N) is 2. The molecule has 0 saturated heterocycles. The normalized spacial score (nSPS) is 13.9. The van der Waals surface area contributed by atoms with Crippen LogP contribution in [0.25, 0.3) is 11.3 Å². The average Bonchev–Trinajstić information content (AvgIpc) is 3.31. The molecule has 0 radical (unpaired) electrons. The summed E-state index contributed by atoms with van der Waals surface area (Å²) < 4.78 is 11.2. The summed E-state index contributed by atoms with van der Waals surface area (Å²) in [6, 6.07) is 27.7. The van der Waals surface area contributed by atoms with Crippen LogP contribution in [0, 0.1) is 20.2 Å². The van der Waals surface area contributed by atoms with Gasteiger partial charge in [-0.05, 0) is 47.5 Å². The molecule has 0 unspecified atom stereocenters. The van der Waals surface area contributed by atoms with Crippen molar-refractivity contribution in [1.29, 1.82) is 0 Å². The molecule has 10 nitrogen and oxygen atoms in total. The summed E-state index contributed by atoms with van der Waals surface area (Å²) in [6.07, 6.45) is 0. The van der Waals surface area contributed by atoms with Crippen molar-refractivity contribution in [3.8, 4) is 5.75 Å². The van der Waals surface area contributed by atoms with Crippen molar-refractivity contribution in [3.05, 3.63) is 157 Å². The molecule has 1 aliphatic heterocycles. The summed E-state index contributed by atoms with van der Waals surface area (Å²) in [6.45, 7) is 0. The Hall–Kier alpha value is -5.90. The van der Waals surface area contributed by atoms with Gasteiger partial charge in [-0.25, -0.2) is 9.59 Å². The first-order valence-corrected chi connectivity index (χ1v) is 11.9. The fourth-order valence-electron chi connectivity index (χ4n) is 4.23. The average molecular weight is 534 g/mol. The van der Waals surface area contributed by atoms with Gasteiger partial charge in [0.05, 0.1) is 15.4 Å². The lowest BCUT2D eigenvalue weighted by Crippen LogP contribution is -2.15. The number of carbonyl (C=O) groups excluding carboxylic acids is 2. The Morgan fingerprint density at radius 2 is 1.18 bits per heavy atom. The Bertz CT molecular complexity index is 1690.